The Morgan fingerprint density at radius 1 is 1.42 bits per heavy atom. The molecule has 2 unspecified atom stereocenters. The average Bonchev–Trinajstić information content (AvgIpc) is 2.37. The molecule has 8 heteroatoms. The predicted octanol–water partition coefficient (Wildman–Crippen LogP) is 0.690. The van der Waals surface area contributed by atoms with E-state index >= 15 is 0 Å². The molecular formula is C11H20F3N3OS. The van der Waals surface area contributed by atoms with Crippen LogP contribution in [0.25, 0.3) is 0 Å². The minimum absolute atomic E-state index is 0.336. The molecule has 0 radical (unpaired) electrons. The standard InChI is InChI=1S/C11H20F3N3OS/c1-8(19-2)10(18)16-7-9(11(12,13)14)17-5-3-15-4-6-17/h8-9,15H,3-7H2,1-2H3,(H,16,18). The second-order valence-corrected chi connectivity index (χ2v) is 5.64. The summed E-state index contributed by atoms with van der Waals surface area (Å²) < 4.78 is 39.1. The van der Waals surface area contributed by atoms with Crippen molar-refractivity contribution in [3.05, 3.63) is 0 Å². The number of nitrogens with one attached hydrogen (secondary N) is 2. The van der Waals surface area contributed by atoms with Crippen LogP contribution in [0.3, 0.4) is 0 Å². The van der Waals surface area contributed by atoms with Crippen LogP contribution in [-0.2, 0) is 4.79 Å². The van der Waals surface area contributed by atoms with Gasteiger partial charge in [0.25, 0.3) is 0 Å². The smallest absolute Gasteiger partial charge is 0.353 e. The van der Waals surface area contributed by atoms with Crippen molar-refractivity contribution in [2.75, 3.05) is 39.0 Å². The third kappa shape index (κ3) is 5.19. The third-order valence-corrected chi connectivity index (χ3v) is 4.08. The van der Waals surface area contributed by atoms with Crippen LogP contribution in [0.5, 0.6) is 0 Å². The molecule has 0 saturated carbocycles. The zero-order chi connectivity index (χ0) is 14.5. The molecule has 0 bridgehead atoms. The van der Waals surface area contributed by atoms with Crippen LogP contribution in [-0.4, -0.2) is 67.3 Å². The van der Waals surface area contributed by atoms with Crippen LogP contribution in [0.15, 0.2) is 0 Å². The summed E-state index contributed by atoms with van der Waals surface area (Å²) >= 11 is 1.31. The van der Waals surface area contributed by atoms with E-state index < -0.39 is 12.2 Å². The van der Waals surface area contributed by atoms with Crippen LogP contribution in [0.4, 0.5) is 13.2 Å². The number of rotatable bonds is 5. The summed E-state index contributed by atoms with van der Waals surface area (Å²) in [5.74, 6) is -0.350. The Hall–Kier alpha value is -0.470. The van der Waals surface area contributed by atoms with Gasteiger partial charge in [0, 0.05) is 32.7 Å². The molecule has 1 heterocycles. The lowest BCUT2D eigenvalue weighted by atomic mass is 10.2. The molecule has 1 fully saturated rings. The number of hydrogen-bond donors (Lipinski definition) is 2. The molecule has 0 aromatic carbocycles. The number of carbonyl (C=O) groups excluding carboxylic acids is 1. The molecule has 1 saturated heterocycles. The minimum Gasteiger partial charge on any atom is -0.353 e. The van der Waals surface area contributed by atoms with Gasteiger partial charge in [0.1, 0.15) is 6.04 Å². The van der Waals surface area contributed by atoms with Gasteiger partial charge >= 0.3 is 6.18 Å². The Kier molecular flexibility index (Phi) is 6.41. The predicted molar refractivity (Wildman–Crippen MR) is 70.3 cm³/mol. The molecule has 0 spiro atoms. The van der Waals surface area contributed by atoms with Crippen LogP contribution in [0, 0.1) is 0 Å². The number of piperazine rings is 1. The van der Waals surface area contributed by atoms with Crippen molar-refractivity contribution in [1.82, 2.24) is 15.5 Å². The fraction of sp³-hybridized carbons (Fsp3) is 0.909. The maximum absolute atomic E-state index is 13.0. The maximum atomic E-state index is 13.0. The van der Waals surface area contributed by atoms with Crippen molar-refractivity contribution in [2.45, 2.75) is 24.4 Å². The fourth-order valence-corrected chi connectivity index (χ4v) is 2.19. The number of halogens is 3. The number of nitrogens with zero attached hydrogens (tertiary/aromatic N) is 1. The second-order valence-electron chi connectivity index (χ2n) is 4.47. The highest BCUT2D eigenvalue weighted by molar-refractivity contribution is 7.99. The Labute approximate surface area is 115 Å². The van der Waals surface area contributed by atoms with E-state index in [-0.39, 0.29) is 17.7 Å². The molecule has 0 aromatic rings. The first-order valence-corrected chi connectivity index (χ1v) is 7.47. The van der Waals surface area contributed by atoms with Gasteiger partial charge in [-0.1, -0.05) is 0 Å². The van der Waals surface area contributed by atoms with Crippen molar-refractivity contribution in [2.24, 2.45) is 0 Å². The first-order chi connectivity index (χ1) is 8.86. The zero-order valence-electron chi connectivity index (χ0n) is 11.1. The molecule has 1 amide bonds. The first kappa shape index (κ1) is 16.6. The molecular weight excluding hydrogens is 279 g/mol. The fourth-order valence-electron chi connectivity index (χ4n) is 1.89. The summed E-state index contributed by atoms with van der Waals surface area (Å²) in [6, 6.07) is -1.60. The summed E-state index contributed by atoms with van der Waals surface area (Å²) in [7, 11) is 0. The lowest BCUT2D eigenvalue weighted by Crippen LogP contribution is -2.57. The molecule has 1 aliphatic rings. The molecule has 2 N–H and O–H groups in total. The van der Waals surface area contributed by atoms with Crippen molar-refractivity contribution >= 4 is 17.7 Å². The SMILES string of the molecule is CSC(C)C(=O)NCC(N1CCNCC1)C(F)(F)F. The zero-order valence-corrected chi connectivity index (χ0v) is 11.9. The number of alkyl halides is 3. The highest BCUT2D eigenvalue weighted by atomic mass is 32.2. The van der Waals surface area contributed by atoms with E-state index in [1.165, 1.54) is 16.7 Å². The monoisotopic (exact) mass is 299 g/mol. The van der Waals surface area contributed by atoms with E-state index in [4.69, 9.17) is 0 Å². The third-order valence-electron chi connectivity index (χ3n) is 3.16. The van der Waals surface area contributed by atoms with Gasteiger partial charge in [-0.2, -0.15) is 24.9 Å². The van der Waals surface area contributed by atoms with Crippen molar-refractivity contribution in [3.63, 3.8) is 0 Å². The molecule has 2 atom stereocenters. The van der Waals surface area contributed by atoms with Gasteiger partial charge in [-0.15, -0.1) is 0 Å². The minimum atomic E-state index is -4.33. The van der Waals surface area contributed by atoms with E-state index in [2.05, 4.69) is 10.6 Å². The summed E-state index contributed by atoms with van der Waals surface area (Å²) in [6.07, 6.45) is -2.57. The molecule has 1 aliphatic heterocycles. The Balaban J connectivity index is 2.57. The summed E-state index contributed by atoms with van der Waals surface area (Å²) in [5.41, 5.74) is 0. The van der Waals surface area contributed by atoms with Crippen molar-refractivity contribution in [1.29, 1.82) is 0 Å². The first-order valence-electron chi connectivity index (χ1n) is 6.18. The lowest BCUT2D eigenvalue weighted by Gasteiger charge is -2.36. The van der Waals surface area contributed by atoms with Gasteiger partial charge in [0.2, 0.25) is 5.91 Å². The molecule has 0 aliphatic carbocycles. The second kappa shape index (κ2) is 7.35. The van der Waals surface area contributed by atoms with Crippen LogP contribution in [0.1, 0.15) is 6.92 Å². The van der Waals surface area contributed by atoms with Gasteiger partial charge in [0.15, 0.2) is 0 Å². The number of hydrogen-bond acceptors (Lipinski definition) is 4. The van der Waals surface area contributed by atoms with E-state index in [0.29, 0.717) is 26.2 Å². The number of amides is 1. The van der Waals surface area contributed by atoms with Crippen LogP contribution in [0.2, 0.25) is 0 Å². The van der Waals surface area contributed by atoms with Crippen molar-refractivity contribution in [3.8, 4) is 0 Å². The molecule has 1 rings (SSSR count). The quantitative estimate of drug-likeness (QED) is 0.784. The molecule has 4 nitrogen and oxygen atoms in total. The van der Waals surface area contributed by atoms with Gasteiger partial charge in [-0.05, 0) is 13.2 Å². The number of thioether (sulfide) groups is 1. The lowest BCUT2D eigenvalue weighted by molar-refractivity contribution is -0.184. The van der Waals surface area contributed by atoms with E-state index in [1.807, 2.05) is 0 Å². The van der Waals surface area contributed by atoms with Gasteiger partial charge in [-0.25, -0.2) is 0 Å². The van der Waals surface area contributed by atoms with Gasteiger partial charge in [-0.3, -0.25) is 9.69 Å². The molecule has 112 valence electrons. The maximum Gasteiger partial charge on any atom is 0.405 e. The Morgan fingerprint density at radius 2 is 2.00 bits per heavy atom. The van der Waals surface area contributed by atoms with Crippen molar-refractivity contribution < 1.29 is 18.0 Å². The van der Waals surface area contributed by atoms with Gasteiger partial charge in [0.05, 0.1) is 5.25 Å². The summed E-state index contributed by atoms with van der Waals surface area (Å²) in [5, 5.41) is 5.07. The normalized spacial score (nSPS) is 20.9. The largest absolute Gasteiger partial charge is 0.405 e. The number of carbonyl (C=O) groups is 1. The van der Waals surface area contributed by atoms with E-state index in [0.717, 1.165) is 0 Å². The van der Waals surface area contributed by atoms with Crippen LogP contribution >= 0.6 is 11.8 Å². The van der Waals surface area contributed by atoms with Gasteiger partial charge < -0.3 is 10.6 Å². The van der Waals surface area contributed by atoms with E-state index in [9.17, 15) is 18.0 Å². The average molecular weight is 299 g/mol. The molecule has 19 heavy (non-hydrogen) atoms. The highest BCUT2D eigenvalue weighted by Gasteiger charge is 2.43. The van der Waals surface area contributed by atoms with Crippen LogP contribution < -0.4 is 10.6 Å². The topological polar surface area (TPSA) is 44.4 Å². The Bertz CT molecular complexity index is 295. The summed E-state index contributed by atoms with van der Waals surface area (Å²) in [6.45, 7) is 3.07. The molecule has 0 aromatic heterocycles. The summed E-state index contributed by atoms with van der Waals surface area (Å²) in [4.78, 5) is 12.9. The van der Waals surface area contributed by atoms with E-state index in [1.54, 1.807) is 13.2 Å². The Morgan fingerprint density at radius 3 is 2.47 bits per heavy atom. The highest BCUT2D eigenvalue weighted by Crippen LogP contribution is 2.24.